The summed E-state index contributed by atoms with van der Waals surface area (Å²) in [6.45, 7) is 0. The van der Waals surface area contributed by atoms with E-state index in [4.69, 9.17) is 5.73 Å². The zero-order valence-electron chi connectivity index (χ0n) is 10.8. The van der Waals surface area contributed by atoms with Gasteiger partial charge in [0.2, 0.25) is 0 Å². The minimum atomic E-state index is -4.77. The van der Waals surface area contributed by atoms with Crippen LogP contribution in [0.25, 0.3) is 0 Å². The van der Waals surface area contributed by atoms with Gasteiger partial charge in [-0.05, 0) is 30.2 Å². The van der Waals surface area contributed by atoms with Crippen LogP contribution in [-0.4, -0.2) is 0 Å². The fourth-order valence-corrected chi connectivity index (χ4v) is 2.04. The van der Waals surface area contributed by atoms with Gasteiger partial charge in [0.25, 0.3) is 0 Å². The molecule has 0 aromatic heterocycles. The minimum absolute atomic E-state index is 0.110. The summed E-state index contributed by atoms with van der Waals surface area (Å²) in [7, 11) is 0. The second-order valence-corrected chi connectivity index (χ2v) is 4.64. The van der Waals surface area contributed by atoms with Crippen molar-refractivity contribution in [3.63, 3.8) is 0 Å². The summed E-state index contributed by atoms with van der Waals surface area (Å²) in [6.07, 6.45) is -4.66. The Labute approximate surface area is 118 Å². The molecule has 0 aliphatic heterocycles. The molecular formula is C15H12F5N. The number of alkyl halides is 3. The van der Waals surface area contributed by atoms with Crippen LogP contribution in [0.2, 0.25) is 0 Å². The monoisotopic (exact) mass is 301 g/mol. The van der Waals surface area contributed by atoms with E-state index >= 15 is 0 Å². The highest BCUT2D eigenvalue weighted by molar-refractivity contribution is 5.31. The number of hydrogen-bond acceptors (Lipinski definition) is 1. The van der Waals surface area contributed by atoms with Crippen LogP contribution in [0.3, 0.4) is 0 Å². The molecule has 112 valence electrons. The van der Waals surface area contributed by atoms with Crippen LogP contribution < -0.4 is 5.73 Å². The molecule has 0 saturated carbocycles. The van der Waals surface area contributed by atoms with E-state index < -0.39 is 29.4 Å². The van der Waals surface area contributed by atoms with Crippen molar-refractivity contribution in [1.82, 2.24) is 0 Å². The first-order chi connectivity index (χ1) is 9.79. The van der Waals surface area contributed by atoms with Gasteiger partial charge >= 0.3 is 6.18 Å². The molecule has 2 N–H and O–H groups in total. The van der Waals surface area contributed by atoms with Crippen LogP contribution >= 0.6 is 0 Å². The van der Waals surface area contributed by atoms with Crippen LogP contribution in [0.4, 0.5) is 22.0 Å². The van der Waals surface area contributed by atoms with E-state index in [1.165, 1.54) is 30.3 Å². The first-order valence-electron chi connectivity index (χ1n) is 6.14. The topological polar surface area (TPSA) is 26.0 Å². The first-order valence-corrected chi connectivity index (χ1v) is 6.14. The molecule has 0 saturated heterocycles. The Bertz CT molecular complexity index is 619. The van der Waals surface area contributed by atoms with Crippen molar-refractivity contribution >= 4 is 0 Å². The molecule has 0 aliphatic rings. The molecule has 0 bridgehead atoms. The van der Waals surface area contributed by atoms with Crippen molar-refractivity contribution in [2.45, 2.75) is 18.6 Å². The van der Waals surface area contributed by atoms with Crippen LogP contribution in [0.5, 0.6) is 0 Å². The molecule has 2 rings (SSSR count). The second kappa shape index (κ2) is 5.81. The third-order valence-electron chi connectivity index (χ3n) is 3.10. The summed E-state index contributed by atoms with van der Waals surface area (Å²) >= 11 is 0. The van der Waals surface area contributed by atoms with Gasteiger partial charge in [0.05, 0.1) is 5.56 Å². The quantitative estimate of drug-likeness (QED) is 0.844. The van der Waals surface area contributed by atoms with Crippen molar-refractivity contribution in [3.05, 3.63) is 70.8 Å². The smallest absolute Gasteiger partial charge is 0.324 e. The number of hydrogen-bond donors (Lipinski definition) is 1. The number of benzene rings is 2. The Balaban J connectivity index is 2.27. The maximum Gasteiger partial charge on any atom is 0.419 e. The Kier molecular flexibility index (Phi) is 4.27. The van der Waals surface area contributed by atoms with E-state index in [1.807, 2.05) is 0 Å². The molecule has 2 aromatic rings. The highest BCUT2D eigenvalue weighted by Gasteiger charge is 2.35. The molecule has 6 heteroatoms. The summed E-state index contributed by atoms with van der Waals surface area (Å²) in [5, 5.41) is 0. The van der Waals surface area contributed by atoms with Crippen LogP contribution in [0, 0.1) is 11.6 Å². The molecule has 2 aromatic carbocycles. The van der Waals surface area contributed by atoms with E-state index in [0.717, 1.165) is 6.07 Å². The predicted molar refractivity (Wildman–Crippen MR) is 68.4 cm³/mol. The normalized spacial score (nSPS) is 13.2. The highest BCUT2D eigenvalue weighted by Crippen LogP contribution is 2.34. The largest absolute Gasteiger partial charge is 0.419 e. The second-order valence-electron chi connectivity index (χ2n) is 4.64. The molecule has 0 radical (unpaired) electrons. The van der Waals surface area contributed by atoms with E-state index in [-0.39, 0.29) is 12.0 Å². The Morgan fingerprint density at radius 3 is 2.14 bits per heavy atom. The van der Waals surface area contributed by atoms with Gasteiger partial charge in [0, 0.05) is 11.6 Å². The van der Waals surface area contributed by atoms with Crippen LogP contribution in [0.1, 0.15) is 22.7 Å². The molecule has 0 fully saturated rings. The van der Waals surface area contributed by atoms with E-state index in [2.05, 4.69) is 0 Å². The number of halogens is 5. The van der Waals surface area contributed by atoms with Crippen molar-refractivity contribution in [2.75, 3.05) is 0 Å². The van der Waals surface area contributed by atoms with Gasteiger partial charge < -0.3 is 5.73 Å². The first kappa shape index (κ1) is 15.4. The Morgan fingerprint density at radius 2 is 1.57 bits per heavy atom. The number of nitrogens with two attached hydrogens (primary N) is 1. The molecule has 0 aliphatic carbocycles. The standard InChI is InChI=1S/C15H12F5N/c16-10-6-4-9(5-7-10)8-13(21)11-2-1-3-12(14(11)17)15(18,19)20/h1-7,13H,8,21H2. The highest BCUT2D eigenvalue weighted by atomic mass is 19.4. The van der Waals surface area contributed by atoms with Gasteiger partial charge in [0.1, 0.15) is 11.6 Å². The lowest BCUT2D eigenvalue weighted by atomic mass is 9.97. The lowest BCUT2D eigenvalue weighted by Gasteiger charge is -2.16. The van der Waals surface area contributed by atoms with E-state index in [0.29, 0.717) is 11.6 Å². The summed E-state index contributed by atoms with van der Waals surface area (Å²) in [5.74, 6) is -1.79. The summed E-state index contributed by atoms with van der Waals surface area (Å²) in [5.41, 5.74) is 4.84. The van der Waals surface area contributed by atoms with Gasteiger partial charge in [-0.2, -0.15) is 13.2 Å². The molecule has 0 spiro atoms. The predicted octanol–water partition coefficient (Wildman–Crippen LogP) is 4.23. The average molecular weight is 301 g/mol. The van der Waals surface area contributed by atoms with Crippen molar-refractivity contribution in [3.8, 4) is 0 Å². The molecule has 0 amide bonds. The zero-order valence-corrected chi connectivity index (χ0v) is 10.8. The maximum atomic E-state index is 13.9. The van der Waals surface area contributed by atoms with E-state index in [9.17, 15) is 22.0 Å². The lowest BCUT2D eigenvalue weighted by Crippen LogP contribution is -2.18. The molecule has 21 heavy (non-hydrogen) atoms. The lowest BCUT2D eigenvalue weighted by molar-refractivity contribution is -0.140. The average Bonchev–Trinajstić information content (AvgIpc) is 2.40. The van der Waals surface area contributed by atoms with Crippen molar-refractivity contribution in [2.24, 2.45) is 5.73 Å². The molecular weight excluding hydrogens is 289 g/mol. The summed E-state index contributed by atoms with van der Waals surface area (Å²) in [6, 6.07) is 7.41. The van der Waals surface area contributed by atoms with Gasteiger partial charge in [-0.15, -0.1) is 0 Å². The third-order valence-corrected chi connectivity index (χ3v) is 3.10. The molecule has 0 heterocycles. The van der Waals surface area contributed by atoms with Crippen molar-refractivity contribution in [1.29, 1.82) is 0 Å². The SMILES string of the molecule is NC(Cc1ccc(F)cc1)c1cccc(C(F)(F)F)c1F. The zero-order chi connectivity index (χ0) is 15.6. The minimum Gasteiger partial charge on any atom is -0.324 e. The Hall–Kier alpha value is -1.95. The number of rotatable bonds is 3. The fourth-order valence-electron chi connectivity index (χ4n) is 2.04. The van der Waals surface area contributed by atoms with Gasteiger partial charge in [-0.25, -0.2) is 8.78 Å². The van der Waals surface area contributed by atoms with Gasteiger partial charge in [-0.1, -0.05) is 24.3 Å². The van der Waals surface area contributed by atoms with Gasteiger partial charge in [-0.3, -0.25) is 0 Å². The van der Waals surface area contributed by atoms with E-state index in [1.54, 1.807) is 0 Å². The summed E-state index contributed by atoms with van der Waals surface area (Å²) < 4.78 is 64.6. The maximum absolute atomic E-state index is 13.9. The fraction of sp³-hybridized carbons (Fsp3) is 0.200. The Morgan fingerprint density at radius 1 is 0.952 bits per heavy atom. The van der Waals surface area contributed by atoms with Crippen molar-refractivity contribution < 1.29 is 22.0 Å². The molecule has 1 unspecified atom stereocenters. The van der Waals surface area contributed by atoms with Crippen LogP contribution in [-0.2, 0) is 12.6 Å². The summed E-state index contributed by atoms with van der Waals surface area (Å²) in [4.78, 5) is 0. The van der Waals surface area contributed by atoms with Crippen LogP contribution in [0.15, 0.2) is 42.5 Å². The molecule has 1 nitrogen and oxygen atoms in total. The molecule has 1 atom stereocenters. The third kappa shape index (κ3) is 3.58. The van der Waals surface area contributed by atoms with Gasteiger partial charge in [0.15, 0.2) is 0 Å².